The molecule has 2 aromatic rings. The van der Waals surface area contributed by atoms with E-state index in [0.717, 1.165) is 21.5 Å². The van der Waals surface area contributed by atoms with Crippen LogP contribution in [-0.2, 0) is 38.8 Å². The number of piperidine rings is 1. The number of carbonyl (C=O) groups excluding carboxylic acids is 4. The molecule has 5 rings (SSSR count). The molecule has 2 fully saturated rings. The lowest BCUT2D eigenvalue weighted by Gasteiger charge is -2.42. The van der Waals surface area contributed by atoms with Crippen molar-refractivity contribution in [2.45, 2.75) is 37.4 Å². The summed E-state index contributed by atoms with van der Waals surface area (Å²) in [6.45, 7) is 2.40. The summed E-state index contributed by atoms with van der Waals surface area (Å²) in [5, 5.41) is 0. The molecule has 0 aliphatic carbocycles. The summed E-state index contributed by atoms with van der Waals surface area (Å²) in [5.74, 6) is -0.832. The highest BCUT2D eigenvalue weighted by Gasteiger charge is 2.48. The second kappa shape index (κ2) is 10.1. The van der Waals surface area contributed by atoms with E-state index in [1.54, 1.807) is 29.8 Å². The van der Waals surface area contributed by atoms with Gasteiger partial charge in [0.15, 0.2) is 0 Å². The van der Waals surface area contributed by atoms with E-state index in [1.807, 2.05) is 38.2 Å². The number of carbonyl (C=O) groups is 4. The second-order valence-corrected chi connectivity index (χ2v) is 10.0. The standard InChI is InChI=1S/C25H28B3N3O6/c26-20-21(27)24(34)31(28)25(35)22(20)30-11-17-16(23(30)33)2-1-3-18(17)37-12-15-6-4-14(5-7-15)10-29-8-9-36-13-19(29)32/h1-7,20-22H,8-13,26-28H2. The number of amides is 4. The molecule has 4 amide bonds. The highest BCUT2D eigenvalue weighted by Crippen LogP contribution is 2.39. The maximum Gasteiger partial charge on any atom is 0.255 e. The molecule has 2 saturated heterocycles. The van der Waals surface area contributed by atoms with Crippen molar-refractivity contribution in [2.75, 3.05) is 19.8 Å². The molecule has 37 heavy (non-hydrogen) atoms. The topological polar surface area (TPSA) is 96.5 Å². The van der Waals surface area contributed by atoms with Gasteiger partial charge in [-0.05, 0) is 29.1 Å². The first-order valence-electron chi connectivity index (χ1n) is 12.6. The first kappa shape index (κ1) is 25.1. The van der Waals surface area contributed by atoms with Gasteiger partial charge >= 0.3 is 0 Å². The number of ether oxygens (including phenoxy) is 2. The minimum absolute atomic E-state index is 0.00259. The van der Waals surface area contributed by atoms with Crippen LogP contribution in [0, 0.1) is 0 Å². The molecular formula is C25H28B3N3O6. The summed E-state index contributed by atoms with van der Waals surface area (Å²) in [4.78, 5) is 55.2. The zero-order chi connectivity index (χ0) is 26.3. The first-order chi connectivity index (χ1) is 17.8. The maximum atomic E-state index is 13.3. The summed E-state index contributed by atoms with van der Waals surface area (Å²) >= 11 is 0. The third kappa shape index (κ3) is 4.66. The zero-order valence-corrected chi connectivity index (χ0v) is 21.3. The Morgan fingerprint density at radius 3 is 2.43 bits per heavy atom. The SMILES string of the molecule is BC1C(=O)N(B)C(=O)C(N2Cc3c(OCc4ccc(CN5CCOCC5=O)cc4)cccc3C2=O)C1B. The predicted octanol–water partition coefficient (Wildman–Crippen LogP) is -1.29. The molecule has 3 unspecified atom stereocenters. The molecule has 2 aromatic carbocycles. The first-order valence-corrected chi connectivity index (χ1v) is 12.6. The molecule has 3 aliphatic rings. The Bertz CT molecular complexity index is 1260. The molecule has 0 saturated carbocycles. The van der Waals surface area contributed by atoms with Crippen molar-refractivity contribution in [2.24, 2.45) is 0 Å². The van der Waals surface area contributed by atoms with Crippen LogP contribution in [-0.4, -0.2) is 87.7 Å². The number of rotatable bonds is 6. The van der Waals surface area contributed by atoms with Crippen molar-refractivity contribution in [3.8, 4) is 5.75 Å². The Kier molecular flexibility index (Phi) is 6.85. The van der Waals surface area contributed by atoms with Crippen molar-refractivity contribution < 1.29 is 28.7 Å². The van der Waals surface area contributed by atoms with Gasteiger partial charge in [0.1, 0.15) is 40.7 Å². The summed E-state index contributed by atoms with van der Waals surface area (Å²) < 4.78 is 11.3. The van der Waals surface area contributed by atoms with E-state index in [9.17, 15) is 19.2 Å². The Hall–Kier alpha value is -3.53. The number of hydrogen-bond acceptors (Lipinski definition) is 6. The average molecular weight is 499 g/mol. The fraction of sp³-hybridized carbons (Fsp3) is 0.360. The molecular weight excluding hydrogens is 471 g/mol. The molecule has 0 spiro atoms. The average Bonchev–Trinajstić information content (AvgIpc) is 3.24. The number of fused-ring (bicyclic) bond motifs is 1. The van der Waals surface area contributed by atoms with Crippen molar-refractivity contribution in [1.29, 1.82) is 0 Å². The van der Waals surface area contributed by atoms with Gasteiger partial charge in [0.25, 0.3) is 5.91 Å². The molecule has 9 nitrogen and oxygen atoms in total. The van der Waals surface area contributed by atoms with E-state index in [4.69, 9.17) is 9.47 Å². The van der Waals surface area contributed by atoms with Crippen LogP contribution < -0.4 is 4.74 Å². The fourth-order valence-electron chi connectivity index (χ4n) is 5.28. The summed E-state index contributed by atoms with van der Waals surface area (Å²) in [5.41, 5.74) is 3.27. The quantitative estimate of drug-likeness (QED) is 0.363. The third-order valence-electron chi connectivity index (χ3n) is 7.75. The van der Waals surface area contributed by atoms with Gasteiger partial charge in [0.2, 0.25) is 25.7 Å². The van der Waals surface area contributed by atoms with Crippen LogP contribution in [0.25, 0.3) is 0 Å². The predicted molar refractivity (Wildman–Crippen MR) is 142 cm³/mol. The van der Waals surface area contributed by atoms with Crippen LogP contribution in [0.4, 0.5) is 0 Å². The van der Waals surface area contributed by atoms with Gasteiger partial charge in [-0.1, -0.05) is 30.3 Å². The van der Waals surface area contributed by atoms with Gasteiger partial charge in [-0.3, -0.25) is 19.2 Å². The Morgan fingerprint density at radius 2 is 1.70 bits per heavy atom. The lowest BCUT2D eigenvalue weighted by Crippen LogP contribution is -2.58. The molecule has 3 aliphatic heterocycles. The van der Waals surface area contributed by atoms with Gasteiger partial charge in [-0.15, -0.1) is 0 Å². The number of hydrogen-bond donors (Lipinski definition) is 0. The Labute approximate surface area is 218 Å². The van der Waals surface area contributed by atoms with E-state index >= 15 is 0 Å². The number of morpholine rings is 1. The number of imide groups is 1. The normalized spacial score (nSPS) is 24.0. The Balaban J connectivity index is 1.27. The van der Waals surface area contributed by atoms with Crippen LogP contribution in [0.1, 0.15) is 27.0 Å². The van der Waals surface area contributed by atoms with E-state index in [0.29, 0.717) is 37.6 Å². The molecule has 0 bridgehead atoms. The molecule has 188 valence electrons. The van der Waals surface area contributed by atoms with Gasteiger partial charge < -0.3 is 24.1 Å². The Morgan fingerprint density at radius 1 is 0.973 bits per heavy atom. The molecule has 12 heteroatoms. The molecule has 0 radical (unpaired) electrons. The van der Waals surface area contributed by atoms with Crippen LogP contribution in [0.15, 0.2) is 42.5 Å². The van der Waals surface area contributed by atoms with Gasteiger partial charge in [0.05, 0.1) is 13.2 Å². The molecule has 3 heterocycles. The number of nitrogens with zero attached hydrogens (tertiary/aromatic N) is 3. The highest BCUT2D eigenvalue weighted by molar-refractivity contribution is 6.40. The van der Waals surface area contributed by atoms with Crippen molar-refractivity contribution in [1.82, 2.24) is 14.6 Å². The van der Waals surface area contributed by atoms with Gasteiger partial charge in [-0.2, -0.15) is 0 Å². The molecule has 3 atom stereocenters. The van der Waals surface area contributed by atoms with E-state index in [2.05, 4.69) is 0 Å². The van der Waals surface area contributed by atoms with Crippen LogP contribution >= 0.6 is 0 Å². The fourth-order valence-corrected chi connectivity index (χ4v) is 5.28. The largest absolute Gasteiger partial charge is 0.489 e. The van der Waals surface area contributed by atoms with Gasteiger partial charge in [-0.25, -0.2) is 0 Å². The summed E-state index contributed by atoms with van der Waals surface area (Å²) in [6, 6.07) is 12.6. The summed E-state index contributed by atoms with van der Waals surface area (Å²) in [7, 11) is 5.13. The lowest BCUT2D eigenvalue weighted by atomic mass is 9.59. The summed E-state index contributed by atoms with van der Waals surface area (Å²) in [6.07, 6.45) is 0. The minimum atomic E-state index is -0.698. The van der Waals surface area contributed by atoms with Crippen LogP contribution in [0.5, 0.6) is 5.75 Å². The van der Waals surface area contributed by atoms with Crippen LogP contribution in [0.3, 0.4) is 0 Å². The van der Waals surface area contributed by atoms with Crippen molar-refractivity contribution in [3.05, 3.63) is 64.7 Å². The molecule has 0 N–H and O–H groups in total. The number of benzene rings is 2. The smallest absolute Gasteiger partial charge is 0.255 e. The van der Waals surface area contributed by atoms with E-state index < -0.39 is 6.04 Å². The zero-order valence-electron chi connectivity index (χ0n) is 21.3. The van der Waals surface area contributed by atoms with Gasteiger partial charge in [0, 0.05) is 30.0 Å². The lowest BCUT2D eigenvalue weighted by molar-refractivity contribution is -0.145. The molecule has 0 aromatic heterocycles. The second-order valence-electron chi connectivity index (χ2n) is 10.0. The monoisotopic (exact) mass is 499 g/mol. The van der Waals surface area contributed by atoms with Crippen molar-refractivity contribution >= 4 is 47.3 Å². The van der Waals surface area contributed by atoms with E-state index in [1.165, 1.54) is 7.98 Å². The third-order valence-corrected chi connectivity index (χ3v) is 7.75. The van der Waals surface area contributed by atoms with E-state index in [-0.39, 0.29) is 48.4 Å². The van der Waals surface area contributed by atoms with Crippen LogP contribution in [0.2, 0.25) is 11.6 Å². The highest BCUT2D eigenvalue weighted by atomic mass is 16.5. The minimum Gasteiger partial charge on any atom is -0.489 e. The maximum absolute atomic E-state index is 13.3. The van der Waals surface area contributed by atoms with Crippen molar-refractivity contribution in [3.63, 3.8) is 0 Å².